The first kappa shape index (κ1) is 14.0. The van der Waals surface area contributed by atoms with Crippen LogP contribution in [0.25, 0.3) is 0 Å². The second-order valence-corrected chi connectivity index (χ2v) is 4.03. The van der Waals surface area contributed by atoms with Crippen LogP contribution in [0.3, 0.4) is 0 Å². The van der Waals surface area contributed by atoms with Crippen molar-refractivity contribution < 1.29 is 8.78 Å². The summed E-state index contributed by atoms with van der Waals surface area (Å²) in [5, 5.41) is 5.80. The maximum Gasteiger partial charge on any atom is 0.225 e. The van der Waals surface area contributed by atoms with Gasteiger partial charge >= 0.3 is 0 Å². The summed E-state index contributed by atoms with van der Waals surface area (Å²) in [5.41, 5.74) is 6.67. The average molecular weight is 278 g/mol. The maximum atomic E-state index is 13.1. The van der Waals surface area contributed by atoms with E-state index in [1.807, 2.05) is 0 Å². The topological polar surface area (TPSA) is 75.9 Å². The van der Waals surface area contributed by atoms with Gasteiger partial charge in [-0.05, 0) is 24.6 Å². The number of halogens is 2. The molecule has 0 saturated carbocycles. The Kier molecular flexibility index (Phi) is 4.29. The van der Waals surface area contributed by atoms with E-state index in [9.17, 15) is 8.78 Å². The minimum Gasteiger partial charge on any atom is -0.394 e. The molecule has 1 radical (unpaired) electrons. The molecule has 0 aliphatic carbocycles. The predicted molar refractivity (Wildman–Crippen MR) is 74.0 cm³/mol. The smallest absolute Gasteiger partial charge is 0.225 e. The number of nitrogens with zero attached hydrogens (tertiary/aromatic N) is 2. The van der Waals surface area contributed by atoms with E-state index in [0.717, 1.165) is 12.1 Å². The Bertz CT molecular complexity index is 603. The lowest BCUT2D eigenvalue weighted by Gasteiger charge is -2.09. The van der Waals surface area contributed by atoms with E-state index < -0.39 is 11.6 Å². The minimum atomic E-state index is -0.887. The molecular formula is C13H14F2N5. The van der Waals surface area contributed by atoms with Gasteiger partial charge < -0.3 is 16.4 Å². The van der Waals surface area contributed by atoms with E-state index in [1.165, 1.54) is 12.3 Å². The quantitative estimate of drug-likeness (QED) is 0.781. The standard InChI is InChI=1S/C13H14F2N5/c1-2-17-12-11(16)7-19-13(20-12)18-6-8-3-4-9(14)10(15)5-8/h3-5,7H,1-2,6,16H2,(H2,17,18,19,20). The van der Waals surface area contributed by atoms with Gasteiger partial charge in [-0.3, -0.25) is 0 Å². The minimum absolute atomic E-state index is 0.269. The van der Waals surface area contributed by atoms with Crippen LogP contribution >= 0.6 is 0 Å². The van der Waals surface area contributed by atoms with Gasteiger partial charge in [0.25, 0.3) is 0 Å². The molecule has 5 nitrogen and oxygen atoms in total. The molecular weight excluding hydrogens is 264 g/mol. The molecule has 0 aliphatic rings. The van der Waals surface area contributed by atoms with Gasteiger partial charge in [0.1, 0.15) is 0 Å². The van der Waals surface area contributed by atoms with E-state index in [0.29, 0.717) is 29.6 Å². The third-order valence-corrected chi connectivity index (χ3v) is 2.54. The van der Waals surface area contributed by atoms with Gasteiger partial charge in [0.15, 0.2) is 17.5 Å². The number of hydrogen-bond donors (Lipinski definition) is 3. The second-order valence-electron chi connectivity index (χ2n) is 4.03. The largest absolute Gasteiger partial charge is 0.394 e. The van der Waals surface area contributed by atoms with Crippen molar-refractivity contribution in [3.8, 4) is 0 Å². The molecule has 0 bridgehead atoms. The van der Waals surface area contributed by atoms with Crippen molar-refractivity contribution in [1.82, 2.24) is 9.97 Å². The monoisotopic (exact) mass is 278 g/mol. The fourth-order valence-electron chi connectivity index (χ4n) is 1.57. The second kappa shape index (κ2) is 6.14. The van der Waals surface area contributed by atoms with E-state index in [1.54, 1.807) is 0 Å². The zero-order valence-electron chi connectivity index (χ0n) is 10.7. The van der Waals surface area contributed by atoms with Crippen molar-refractivity contribution in [1.29, 1.82) is 0 Å². The highest BCUT2D eigenvalue weighted by Crippen LogP contribution is 2.16. The van der Waals surface area contributed by atoms with Gasteiger partial charge in [-0.25, -0.2) is 13.8 Å². The number of nitrogen functional groups attached to an aromatic ring is 1. The SMILES string of the molecule is [CH2]CNc1nc(NCc2ccc(F)c(F)c2)ncc1N. The molecule has 1 heterocycles. The maximum absolute atomic E-state index is 13.1. The summed E-state index contributed by atoms with van der Waals surface area (Å²) < 4.78 is 25.9. The van der Waals surface area contributed by atoms with Gasteiger partial charge in [-0.1, -0.05) is 6.07 Å². The van der Waals surface area contributed by atoms with Crippen LogP contribution in [-0.2, 0) is 6.54 Å². The highest BCUT2D eigenvalue weighted by Gasteiger charge is 2.05. The van der Waals surface area contributed by atoms with Gasteiger partial charge in [-0.2, -0.15) is 4.98 Å². The summed E-state index contributed by atoms with van der Waals surface area (Å²) in [4.78, 5) is 8.15. The lowest BCUT2D eigenvalue weighted by molar-refractivity contribution is 0.507. The molecule has 0 amide bonds. The Morgan fingerprint density at radius 3 is 2.70 bits per heavy atom. The highest BCUT2D eigenvalue weighted by atomic mass is 19.2. The van der Waals surface area contributed by atoms with Crippen LogP contribution in [-0.4, -0.2) is 16.5 Å². The molecule has 0 saturated heterocycles. The Labute approximate surface area is 115 Å². The molecule has 1 aromatic heterocycles. The molecule has 0 fully saturated rings. The fourth-order valence-corrected chi connectivity index (χ4v) is 1.57. The molecule has 0 spiro atoms. The summed E-state index contributed by atoms with van der Waals surface area (Å²) in [6.45, 7) is 4.34. The summed E-state index contributed by atoms with van der Waals surface area (Å²) in [7, 11) is 0. The number of hydrogen-bond acceptors (Lipinski definition) is 5. The normalized spacial score (nSPS) is 10.3. The van der Waals surface area contributed by atoms with Crippen LogP contribution in [0.2, 0.25) is 0 Å². The molecule has 1 aromatic carbocycles. The van der Waals surface area contributed by atoms with E-state index in [2.05, 4.69) is 27.5 Å². The van der Waals surface area contributed by atoms with Crippen molar-refractivity contribution in [2.24, 2.45) is 0 Å². The predicted octanol–water partition coefficient (Wildman–Crippen LogP) is 2.20. The zero-order valence-corrected chi connectivity index (χ0v) is 10.7. The number of aromatic nitrogens is 2. The molecule has 0 unspecified atom stereocenters. The number of nitrogens with one attached hydrogen (secondary N) is 2. The Morgan fingerprint density at radius 2 is 2.00 bits per heavy atom. The molecule has 7 heteroatoms. The van der Waals surface area contributed by atoms with Crippen LogP contribution in [0.5, 0.6) is 0 Å². The summed E-state index contributed by atoms with van der Waals surface area (Å²) >= 11 is 0. The first-order valence-electron chi connectivity index (χ1n) is 5.93. The summed E-state index contributed by atoms with van der Waals surface area (Å²) in [6.07, 6.45) is 1.46. The zero-order chi connectivity index (χ0) is 14.5. The molecule has 4 N–H and O–H groups in total. The van der Waals surface area contributed by atoms with Crippen LogP contribution in [0.15, 0.2) is 24.4 Å². The first-order valence-corrected chi connectivity index (χ1v) is 5.93. The Hall–Kier alpha value is -2.44. The molecule has 2 rings (SSSR count). The molecule has 2 aromatic rings. The van der Waals surface area contributed by atoms with Gasteiger partial charge in [0, 0.05) is 13.1 Å². The summed E-state index contributed by atoms with van der Waals surface area (Å²) in [6, 6.07) is 3.68. The van der Waals surface area contributed by atoms with Crippen molar-refractivity contribution >= 4 is 17.5 Å². The van der Waals surface area contributed by atoms with E-state index in [-0.39, 0.29) is 6.54 Å². The van der Waals surface area contributed by atoms with E-state index >= 15 is 0 Å². The summed E-state index contributed by atoms with van der Waals surface area (Å²) in [5.74, 6) is -0.955. The van der Waals surface area contributed by atoms with Crippen molar-refractivity contribution in [3.05, 3.63) is 48.5 Å². The van der Waals surface area contributed by atoms with E-state index in [4.69, 9.17) is 5.73 Å². The number of benzene rings is 1. The average Bonchev–Trinajstić information content (AvgIpc) is 2.43. The lowest BCUT2D eigenvalue weighted by Crippen LogP contribution is -2.09. The fraction of sp³-hybridized carbons (Fsp3) is 0.154. The Morgan fingerprint density at radius 1 is 1.20 bits per heavy atom. The highest BCUT2D eigenvalue weighted by molar-refractivity contribution is 5.61. The number of nitrogens with two attached hydrogens (primary N) is 1. The van der Waals surface area contributed by atoms with Crippen LogP contribution in [0, 0.1) is 18.6 Å². The molecule has 0 atom stereocenters. The van der Waals surface area contributed by atoms with Gasteiger partial charge in [0.05, 0.1) is 11.9 Å². The number of rotatable bonds is 5. The van der Waals surface area contributed by atoms with Crippen molar-refractivity contribution in [2.75, 3.05) is 22.9 Å². The third kappa shape index (κ3) is 3.31. The van der Waals surface area contributed by atoms with Crippen LogP contribution < -0.4 is 16.4 Å². The molecule has 105 valence electrons. The molecule has 20 heavy (non-hydrogen) atoms. The first-order chi connectivity index (χ1) is 9.60. The van der Waals surface area contributed by atoms with Crippen LogP contribution in [0.4, 0.5) is 26.2 Å². The molecule has 0 aliphatic heterocycles. The van der Waals surface area contributed by atoms with Crippen molar-refractivity contribution in [3.63, 3.8) is 0 Å². The third-order valence-electron chi connectivity index (χ3n) is 2.54. The van der Waals surface area contributed by atoms with Gasteiger partial charge in [-0.15, -0.1) is 0 Å². The van der Waals surface area contributed by atoms with Crippen LogP contribution in [0.1, 0.15) is 5.56 Å². The van der Waals surface area contributed by atoms with Gasteiger partial charge in [0.2, 0.25) is 5.95 Å². The van der Waals surface area contributed by atoms with Crippen molar-refractivity contribution in [2.45, 2.75) is 6.54 Å². The number of anilines is 3. The Balaban J connectivity index is 2.06. The lowest BCUT2D eigenvalue weighted by atomic mass is 10.2.